The van der Waals surface area contributed by atoms with Crippen LogP contribution in [0.25, 0.3) is 0 Å². The Morgan fingerprint density at radius 3 is 2.62 bits per heavy atom. The molecule has 0 aromatic heterocycles. The molecule has 0 amide bonds. The normalized spacial score (nSPS) is 12.1. The monoisotopic (exact) mass is 284 g/mol. The van der Waals surface area contributed by atoms with Crippen molar-refractivity contribution in [3.05, 3.63) is 65.7 Å². The summed E-state index contributed by atoms with van der Waals surface area (Å²) < 4.78 is 5.86. The summed E-state index contributed by atoms with van der Waals surface area (Å²) in [5, 5.41) is 0. The number of nitrogens with two attached hydrogens (primary N) is 1. The van der Waals surface area contributed by atoms with Gasteiger partial charge in [0.15, 0.2) is 0 Å². The van der Waals surface area contributed by atoms with E-state index in [-0.39, 0.29) is 6.04 Å². The Morgan fingerprint density at radius 1 is 1.10 bits per heavy atom. The van der Waals surface area contributed by atoms with Gasteiger partial charge in [-0.1, -0.05) is 62.2 Å². The second-order valence-electron chi connectivity index (χ2n) is 5.21. The van der Waals surface area contributed by atoms with Gasteiger partial charge in [-0.25, -0.2) is 0 Å². The highest BCUT2D eigenvalue weighted by molar-refractivity contribution is 5.31. The van der Waals surface area contributed by atoms with E-state index in [1.165, 1.54) is 17.5 Å². The first-order valence-electron chi connectivity index (χ1n) is 7.56. The predicted molar refractivity (Wildman–Crippen MR) is 86.8 cm³/mol. The summed E-state index contributed by atoms with van der Waals surface area (Å²) in [5.41, 5.74) is 5.24. The quantitative estimate of drug-likeness (QED) is 0.570. The van der Waals surface area contributed by atoms with Crippen LogP contribution in [0.3, 0.4) is 0 Å². The molecular formula is C18H24N2O. The fourth-order valence-corrected chi connectivity index (χ4v) is 2.32. The summed E-state index contributed by atoms with van der Waals surface area (Å²) in [6.45, 7) is 2.77. The van der Waals surface area contributed by atoms with Gasteiger partial charge in [-0.05, 0) is 29.7 Å². The molecule has 1 atom stereocenters. The lowest BCUT2D eigenvalue weighted by Gasteiger charge is -2.17. The van der Waals surface area contributed by atoms with Gasteiger partial charge in [0.2, 0.25) is 0 Å². The Hall–Kier alpha value is -1.84. The molecule has 0 spiro atoms. The number of rotatable bonds is 8. The SMILES string of the molecule is CCCCC(NN)c1cccc(OCc2ccccc2)c1. The summed E-state index contributed by atoms with van der Waals surface area (Å²) in [5.74, 6) is 6.55. The van der Waals surface area contributed by atoms with Crippen molar-refractivity contribution >= 4 is 0 Å². The fourth-order valence-electron chi connectivity index (χ4n) is 2.32. The van der Waals surface area contributed by atoms with Crippen molar-refractivity contribution in [2.75, 3.05) is 0 Å². The molecule has 2 rings (SSSR count). The zero-order valence-corrected chi connectivity index (χ0v) is 12.6. The van der Waals surface area contributed by atoms with E-state index in [1.54, 1.807) is 0 Å². The maximum absolute atomic E-state index is 5.86. The average molecular weight is 284 g/mol. The van der Waals surface area contributed by atoms with Crippen LogP contribution in [-0.4, -0.2) is 0 Å². The molecule has 3 heteroatoms. The summed E-state index contributed by atoms with van der Waals surface area (Å²) >= 11 is 0. The van der Waals surface area contributed by atoms with Crippen molar-refractivity contribution in [2.45, 2.75) is 38.8 Å². The Morgan fingerprint density at radius 2 is 1.90 bits per heavy atom. The molecule has 0 bridgehead atoms. The van der Waals surface area contributed by atoms with E-state index in [9.17, 15) is 0 Å². The fraction of sp³-hybridized carbons (Fsp3) is 0.333. The number of nitrogens with one attached hydrogen (secondary N) is 1. The van der Waals surface area contributed by atoms with Crippen LogP contribution in [0.15, 0.2) is 54.6 Å². The molecule has 2 aromatic carbocycles. The first kappa shape index (κ1) is 15.5. The van der Waals surface area contributed by atoms with Gasteiger partial charge in [-0.2, -0.15) is 0 Å². The van der Waals surface area contributed by atoms with E-state index in [0.717, 1.165) is 18.6 Å². The van der Waals surface area contributed by atoms with Crippen LogP contribution in [0.1, 0.15) is 43.4 Å². The lowest BCUT2D eigenvalue weighted by Crippen LogP contribution is -2.27. The molecule has 0 aliphatic heterocycles. The summed E-state index contributed by atoms with van der Waals surface area (Å²) in [6, 6.07) is 18.5. The van der Waals surface area contributed by atoms with Crippen molar-refractivity contribution in [3.63, 3.8) is 0 Å². The number of benzene rings is 2. The van der Waals surface area contributed by atoms with Crippen LogP contribution in [-0.2, 0) is 6.61 Å². The Labute approximate surface area is 127 Å². The zero-order chi connectivity index (χ0) is 14.9. The minimum absolute atomic E-state index is 0.185. The van der Waals surface area contributed by atoms with Crippen LogP contribution in [0.2, 0.25) is 0 Å². The molecule has 3 N–H and O–H groups in total. The molecule has 0 saturated heterocycles. The zero-order valence-electron chi connectivity index (χ0n) is 12.6. The smallest absolute Gasteiger partial charge is 0.120 e. The van der Waals surface area contributed by atoms with Crippen LogP contribution in [0, 0.1) is 0 Å². The van der Waals surface area contributed by atoms with Crippen LogP contribution >= 0.6 is 0 Å². The second kappa shape index (κ2) is 8.45. The standard InChI is InChI=1S/C18H24N2O/c1-2-3-12-18(20-19)16-10-7-11-17(13-16)21-14-15-8-5-4-6-9-15/h4-11,13,18,20H,2-3,12,14,19H2,1H3. The van der Waals surface area contributed by atoms with Gasteiger partial charge >= 0.3 is 0 Å². The van der Waals surface area contributed by atoms with E-state index in [4.69, 9.17) is 10.6 Å². The van der Waals surface area contributed by atoms with Crippen LogP contribution in [0.5, 0.6) is 5.75 Å². The van der Waals surface area contributed by atoms with E-state index in [1.807, 2.05) is 30.3 Å². The van der Waals surface area contributed by atoms with Gasteiger partial charge in [0, 0.05) is 6.04 Å². The minimum Gasteiger partial charge on any atom is -0.489 e. The number of hydrogen-bond acceptors (Lipinski definition) is 3. The molecule has 3 nitrogen and oxygen atoms in total. The molecule has 1 unspecified atom stereocenters. The maximum atomic E-state index is 5.86. The first-order chi connectivity index (χ1) is 10.3. The van der Waals surface area contributed by atoms with E-state index >= 15 is 0 Å². The molecule has 0 aliphatic rings. The van der Waals surface area contributed by atoms with Gasteiger partial charge in [0.05, 0.1) is 0 Å². The predicted octanol–water partition coefficient (Wildman–Crippen LogP) is 3.96. The van der Waals surface area contributed by atoms with E-state index in [0.29, 0.717) is 6.61 Å². The molecule has 112 valence electrons. The third-order valence-corrected chi connectivity index (χ3v) is 3.56. The van der Waals surface area contributed by atoms with E-state index in [2.05, 4.69) is 36.6 Å². The molecule has 0 saturated carbocycles. The topological polar surface area (TPSA) is 47.3 Å². The molecule has 21 heavy (non-hydrogen) atoms. The van der Waals surface area contributed by atoms with Crippen LogP contribution in [0.4, 0.5) is 0 Å². The molecule has 0 heterocycles. The third kappa shape index (κ3) is 4.88. The lowest BCUT2D eigenvalue weighted by atomic mass is 10.0. The summed E-state index contributed by atoms with van der Waals surface area (Å²) in [6.07, 6.45) is 3.36. The Kier molecular flexibility index (Phi) is 6.25. The highest BCUT2D eigenvalue weighted by Gasteiger charge is 2.09. The highest BCUT2D eigenvalue weighted by atomic mass is 16.5. The molecule has 0 aliphatic carbocycles. The van der Waals surface area contributed by atoms with Crippen molar-refractivity contribution < 1.29 is 4.74 Å². The Balaban J connectivity index is 1.99. The van der Waals surface area contributed by atoms with Crippen molar-refractivity contribution in [1.29, 1.82) is 0 Å². The number of unbranched alkanes of at least 4 members (excludes halogenated alkanes) is 1. The molecule has 0 fully saturated rings. The highest BCUT2D eigenvalue weighted by Crippen LogP contribution is 2.23. The maximum Gasteiger partial charge on any atom is 0.120 e. The molecule has 2 aromatic rings. The van der Waals surface area contributed by atoms with Crippen molar-refractivity contribution in [3.8, 4) is 5.75 Å². The Bertz CT molecular complexity index is 528. The van der Waals surface area contributed by atoms with Crippen molar-refractivity contribution in [2.24, 2.45) is 5.84 Å². The second-order valence-corrected chi connectivity index (χ2v) is 5.21. The summed E-state index contributed by atoms with van der Waals surface area (Å²) in [7, 11) is 0. The van der Waals surface area contributed by atoms with Gasteiger partial charge in [0.25, 0.3) is 0 Å². The van der Waals surface area contributed by atoms with Gasteiger partial charge in [-0.3, -0.25) is 11.3 Å². The molecular weight excluding hydrogens is 260 g/mol. The third-order valence-electron chi connectivity index (χ3n) is 3.56. The van der Waals surface area contributed by atoms with Crippen molar-refractivity contribution in [1.82, 2.24) is 5.43 Å². The van der Waals surface area contributed by atoms with Gasteiger partial charge in [-0.15, -0.1) is 0 Å². The van der Waals surface area contributed by atoms with E-state index < -0.39 is 0 Å². The van der Waals surface area contributed by atoms with Crippen LogP contribution < -0.4 is 16.0 Å². The molecule has 0 radical (unpaired) electrons. The van der Waals surface area contributed by atoms with Gasteiger partial charge in [0.1, 0.15) is 12.4 Å². The minimum atomic E-state index is 0.185. The average Bonchev–Trinajstić information content (AvgIpc) is 2.55. The van der Waals surface area contributed by atoms with Gasteiger partial charge < -0.3 is 4.74 Å². The largest absolute Gasteiger partial charge is 0.489 e. The summed E-state index contributed by atoms with van der Waals surface area (Å²) in [4.78, 5) is 0. The lowest BCUT2D eigenvalue weighted by molar-refractivity contribution is 0.305. The first-order valence-corrected chi connectivity index (χ1v) is 7.56. The number of hydrogen-bond donors (Lipinski definition) is 2. The number of ether oxygens (including phenoxy) is 1. The number of hydrazine groups is 1.